The smallest absolute Gasteiger partial charge is 0.229 e. The lowest BCUT2D eigenvalue weighted by Gasteiger charge is -2.08. The van der Waals surface area contributed by atoms with Crippen LogP contribution in [0.2, 0.25) is 0 Å². The highest BCUT2D eigenvalue weighted by Crippen LogP contribution is 2.17. The van der Waals surface area contributed by atoms with Crippen molar-refractivity contribution in [3.8, 4) is 6.07 Å². The third-order valence-corrected chi connectivity index (χ3v) is 4.10. The fourth-order valence-corrected chi connectivity index (χ4v) is 2.84. The molecule has 0 aliphatic carbocycles. The Labute approximate surface area is 143 Å². The second-order valence-electron chi connectivity index (χ2n) is 5.05. The number of aromatic nitrogens is 1. The molecule has 0 aliphatic rings. The van der Waals surface area contributed by atoms with E-state index in [-0.39, 0.29) is 5.91 Å². The van der Waals surface area contributed by atoms with Crippen molar-refractivity contribution in [1.82, 2.24) is 4.98 Å². The molecule has 2 heterocycles. The van der Waals surface area contributed by atoms with Crippen LogP contribution in [0.15, 0.2) is 60.1 Å². The zero-order chi connectivity index (χ0) is 16.8. The molecule has 3 aromatic rings. The van der Waals surface area contributed by atoms with Crippen LogP contribution in [0.5, 0.6) is 0 Å². The number of rotatable bonds is 5. The highest BCUT2D eigenvalue weighted by atomic mass is 32.1. The molecule has 0 radical (unpaired) electrons. The Kier molecular flexibility index (Phi) is 4.84. The van der Waals surface area contributed by atoms with Crippen LogP contribution in [0.4, 0.5) is 17.2 Å². The van der Waals surface area contributed by atoms with E-state index in [2.05, 4.69) is 21.7 Å². The normalized spacial score (nSPS) is 9.96. The van der Waals surface area contributed by atoms with Gasteiger partial charge in [-0.1, -0.05) is 12.1 Å². The maximum absolute atomic E-state index is 11.9. The van der Waals surface area contributed by atoms with E-state index in [0.29, 0.717) is 23.5 Å². The second kappa shape index (κ2) is 7.40. The average molecular weight is 334 g/mol. The van der Waals surface area contributed by atoms with Gasteiger partial charge in [0.05, 0.1) is 29.9 Å². The predicted octanol–water partition coefficient (Wildman–Crippen LogP) is 3.94. The lowest BCUT2D eigenvalue weighted by molar-refractivity contribution is -0.115. The van der Waals surface area contributed by atoms with E-state index in [1.54, 1.807) is 47.9 Å². The Morgan fingerprint density at radius 2 is 2.08 bits per heavy atom. The molecule has 0 aliphatic heterocycles. The maximum Gasteiger partial charge on any atom is 0.229 e. The molecule has 0 atom stereocenters. The van der Waals surface area contributed by atoms with E-state index in [4.69, 9.17) is 5.26 Å². The Morgan fingerprint density at radius 1 is 1.17 bits per heavy atom. The van der Waals surface area contributed by atoms with Gasteiger partial charge >= 0.3 is 0 Å². The minimum atomic E-state index is -0.0679. The minimum absolute atomic E-state index is 0.0679. The first kappa shape index (κ1) is 15.7. The standard InChI is InChI=1S/C18H14N4OS/c19-11-13-3-1-4-14(9-13)21-17-7-6-15(12-20-17)22-18(23)10-16-5-2-8-24-16/h1-9,12H,10H2,(H,20,21)(H,22,23). The van der Waals surface area contributed by atoms with Crippen molar-refractivity contribution in [3.63, 3.8) is 0 Å². The first-order chi connectivity index (χ1) is 11.7. The van der Waals surface area contributed by atoms with Gasteiger partial charge in [-0.05, 0) is 41.8 Å². The molecular weight excluding hydrogens is 320 g/mol. The summed E-state index contributed by atoms with van der Waals surface area (Å²) in [5.41, 5.74) is 2.02. The van der Waals surface area contributed by atoms with Gasteiger partial charge in [0.2, 0.25) is 5.91 Å². The largest absolute Gasteiger partial charge is 0.340 e. The first-order valence-electron chi connectivity index (χ1n) is 7.28. The van der Waals surface area contributed by atoms with Gasteiger partial charge in [0, 0.05) is 10.6 Å². The molecule has 0 unspecified atom stereocenters. The summed E-state index contributed by atoms with van der Waals surface area (Å²) in [6.07, 6.45) is 1.96. The lowest BCUT2D eigenvalue weighted by Crippen LogP contribution is -2.13. The topological polar surface area (TPSA) is 77.8 Å². The molecule has 0 saturated heterocycles. The van der Waals surface area contributed by atoms with Crippen LogP contribution in [-0.4, -0.2) is 10.9 Å². The molecule has 118 valence electrons. The first-order valence-corrected chi connectivity index (χ1v) is 8.16. The minimum Gasteiger partial charge on any atom is -0.340 e. The molecule has 3 rings (SSSR count). The number of thiophene rings is 1. The van der Waals surface area contributed by atoms with Crippen molar-refractivity contribution >= 4 is 34.4 Å². The summed E-state index contributed by atoms with van der Waals surface area (Å²) < 4.78 is 0. The Morgan fingerprint density at radius 3 is 2.79 bits per heavy atom. The molecule has 0 fully saturated rings. The van der Waals surface area contributed by atoms with Gasteiger partial charge in [-0.25, -0.2) is 4.98 Å². The predicted molar refractivity (Wildman–Crippen MR) is 95.3 cm³/mol. The molecular formula is C18H14N4OS. The van der Waals surface area contributed by atoms with Crippen LogP contribution >= 0.6 is 11.3 Å². The second-order valence-corrected chi connectivity index (χ2v) is 6.09. The van der Waals surface area contributed by atoms with Gasteiger partial charge in [-0.3, -0.25) is 4.79 Å². The van der Waals surface area contributed by atoms with E-state index in [9.17, 15) is 4.79 Å². The molecule has 0 bridgehead atoms. The fraction of sp³-hybridized carbons (Fsp3) is 0.0556. The van der Waals surface area contributed by atoms with E-state index in [1.165, 1.54) is 0 Å². The fourth-order valence-electron chi connectivity index (χ4n) is 2.13. The van der Waals surface area contributed by atoms with Gasteiger partial charge < -0.3 is 10.6 Å². The Hall–Kier alpha value is -3.17. The third-order valence-electron chi connectivity index (χ3n) is 3.23. The SMILES string of the molecule is N#Cc1cccc(Nc2ccc(NC(=O)Cc3cccs3)cn2)c1. The highest BCUT2D eigenvalue weighted by molar-refractivity contribution is 7.10. The monoisotopic (exact) mass is 334 g/mol. The molecule has 2 N–H and O–H groups in total. The van der Waals surface area contributed by atoms with Crippen LogP contribution < -0.4 is 10.6 Å². The summed E-state index contributed by atoms with van der Waals surface area (Å²) in [5.74, 6) is 0.572. The number of pyridine rings is 1. The molecule has 24 heavy (non-hydrogen) atoms. The number of hydrogen-bond acceptors (Lipinski definition) is 5. The highest BCUT2D eigenvalue weighted by Gasteiger charge is 2.05. The summed E-state index contributed by atoms with van der Waals surface area (Å²) in [6.45, 7) is 0. The molecule has 0 saturated carbocycles. The van der Waals surface area contributed by atoms with E-state index < -0.39 is 0 Å². The van der Waals surface area contributed by atoms with Crippen molar-refractivity contribution in [2.75, 3.05) is 10.6 Å². The average Bonchev–Trinajstić information content (AvgIpc) is 3.09. The van der Waals surface area contributed by atoms with Crippen molar-refractivity contribution in [2.45, 2.75) is 6.42 Å². The Bertz CT molecular complexity index is 867. The van der Waals surface area contributed by atoms with Crippen molar-refractivity contribution in [3.05, 3.63) is 70.5 Å². The Balaban J connectivity index is 1.60. The summed E-state index contributed by atoms with van der Waals surface area (Å²) >= 11 is 1.56. The maximum atomic E-state index is 11.9. The zero-order valence-corrected chi connectivity index (χ0v) is 13.5. The summed E-state index contributed by atoms with van der Waals surface area (Å²) in [6, 6.07) is 16.7. The van der Waals surface area contributed by atoms with Gasteiger partial charge in [0.15, 0.2) is 0 Å². The van der Waals surface area contributed by atoms with Crippen molar-refractivity contribution < 1.29 is 4.79 Å². The molecule has 6 heteroatoms. The summed E-state index contributed by atoms with van der Waals surface area (Å²) in [4.78, 5) is 17.2. The van der Waals surface area contributed by atoms with E-state index in [1.807, 2.05) is 23.6 Å². The van der Waals surface area contributed by atoms with Crippen molar-refractivity contribution in [1.29, 1.82) is 5.26 Å². The third kappa shape index (κ3) is 4.18. The molecule has 5 nitrogen and oxygen atoms in total. The van der Waals surface area contributed by atoms with Crippen LogP contribution in [0, 0.1) is 11.3 Å². The number of amides is 1. The van der Waals surface area contributed by atoms with Gasteiger partial charge in [0.1, 0.15) is 5.82 Å². The number of nitrogens with zero attached hydrogens (tertiary/aromatic N) is 2. The van der Waals surface area contributed by atoms with Crippen LogP contribution in [0.25, 0.3) is 0 Å². The molecule has 2 aromatic heterocycles. The van der Waals surface area contributed by atoms with Gasteiger partial charge in [-0.15, -0.1) is 11.3 Å². The number of anilines is 3. The van der Waals surface area contributed by atoms with Crippen LogP contribution in [0.1, 0.15) is 10.4 Å². The van der Waals surface area contributed by atoms with Gasteiger partial charge in [0.25, 0.3) is 0 Å². The summed E-state index contributed by atoms with van der Waals surface area (Å²) in [5, 5.41) is 16.8. The number of benzene rings is 1. The number of carbonyl (C=O) groups is 1. The molecule has 1 aromatic carbocycles. The summed E-state index contributed by atoms with van der Waals surface area (Å²) in [7, 11) is 0. The quantitative estimate of drug-likeness (QED) is 0.741. The van der Waals surface area contributed by atoms with Crippen LogP contribution in [-0.2, 0) is 11.2 Å². The van der Waals surface area contributed by atoms with E-state index >= 15 is 0 Å². The molecule has 1 amide bonds. The number of nitrogens with one attached hydrogen (secondary N) is 2. The van der Waals surface area contributed by atoms with Gasteiger partial charge in [-0.2, -0.15) is 5.26 Å². The number of carbonyl (C=O) groups excluding carboxylic acids is 1. The number of nitriles is 1. The van der Waals surface area contributed by atoms with Crippen LogP contribution in [0.3, 0.4) is 0 Å². The number of hydrogen-bond donors (Lipinski definition) is 2. The lowest BCUT2D eigenvalue weighted by atomic mass is 10.2. The molecule has 0 spiro atoms. The van der Waals surface area contributed by atoms with E-state index in [0.717, 1.165) is 10.6 Å². The van der Waals surface area contributed by atoms with Crippen molar-refractivity contribution in [2.24, 2.45) is 0 Å². The zero-order valence-electron chi connectivity index (χ0n) is 12.7.